The molecule has 0 saturated carbocycles. The van der Waals surface area contributed by atoms with Gasteiger partial charge >= 0.3 is 6.18 Å². The van der Waals surface area contributed by atoms with E-state index in [2.05, 4.69) is 36.3 Å². The number of halogens is 3. The summed E-state index contributed by atoms with van der Waals surface area (Å²) in [6.45, 7) is 14.2. The van der Waals surface area contributed by atoms with Crippen LogP contribution in [0, 0.1) is 0 Å². The Labute approximate surface area is 242 Å². The average Bonchev–Trinajstić information content (AvgIpc) is 3.30. The molecule has 1 aliphatic heterocycles. The van der Waals surface area contributed by atoms with Gasteiger partial charge < -0.3 is 14.7 Å². The van der Waals surface area contributed by atoms with E-state index in [4.69, 9.17) is 4.84 Å². The summed E-state index contributed by atoms with van der Waals surface area (Å²) in [6, 6.07) is 9.39. The maximum Gasteiger partial charge on any atom is 0.401 e. The van der Waals surface area contributed by atoms with Gasteiger partial charge in [0.2, 0.25) is 0 Å². The van der Waals surface area contributed by atoms with Crippen molar-refractivity contribution in [3.63, 3.8) is 0 Å². The highest BCUT2D eigenvalue weighted by Gasteiger charge is 2.33. The van der Waals surface area contributed by atoms with E-state index in [1.807, 2.05) is 80.8 Å². The van der Waals surface area contributed by atoms with Crippen molar-refractivity contribution in [2.45, 2.75) is 65.7 Å². The molecular formula is C30H43F3N4O2S. The summed E-state index contributed by atoms with van der Waals surface area (Å²) in [7, 11) is 0. The van der Waals surface area contributed by atoms with Crippen LogP contribution in [-0.2, 0) is 11.4 Å². The number of oxime groups is 1. The van der Waals surface area contributed by atoms with Crippen LogP contribution in [0.25, 0.3) is 10.9 Å². The minimum absolute atomic E-state index is 0.169. The van der Waals surface area contributed by atoms with Gasteiger partial charge in [0.25, 0.3) is 5.91 Å². The van der Waals surface area contributed by atoms with E-state index >= 15 is 0 Å². The summed E-state index contributed by atoms with van der Waals surface area (Å²) in [4.78, 5) is 21.0. The van der Waals surface area contributed by atoms with Gasteiger partial charge in [-0.15, -0.1) is 25.8 Å². The van der Waals surface area contributed by atoms with Crippen molar-refractivity contribution in [3.05, 3.63) is 72.3 Å². The zero-order valence-electron chi connectivity index (χ0n) is 24.0. The molecule has 1 aromatic carbocycles. The zero-order valence-corrected chi connectivity index (χ0v) is 24.9. The lowest BCUT2D eigenvalue weighted by Gasteiger charge is -2.32. The summed E-state index contributed by atoms with van der Waals surface area (Å²) < 4.78 is 39.9. The Bertz CT molecular complexity index is 1130. The van der Waals surface area contributed by atoms with Crippen LogP contribution < -0.4 is 5.32 Å². The molecule has 6 nitrogen and oxygen atoms in total. The number of carbonyl (C=O) groups is 1. The van der Waals surface area contributed by atoms with E-state index in [0.29, 0.717) is 51.2 Å². The van der Waals surface area contributed by atoms with Crippen molar-refractivity contribution in [2.75, 3.05) is 26.2 Å². The van der Waals surface area contributed by atoms with E-state index in [-0.39, 0.29) is 11.9 Å². The third kappa shape index (κ3) is 12.0. The first-order valence-electron chi connectivity index (χ1n) is 13.5. The summed E-state index contributed by atoms with van der Waals surface area (Å²) >= 11 is 4.20. The zero-order chi connectivity index (χ0) is 30.1. The number of piperidine rings is 1. The smallest absolute Gasteiger partial charge is 0.392 e. The summed E-state index contributed by atoms with van der Waals surface area (Å²) in [5, 5.41) is 8.22. The first-order valence-corrected chi connectivity index (χ1v) is 14.0. The number of allylic oxidation sites excluding steroid dienone is 3. The molecule has 10 heteroatoms. The van der Waals surface area contributed by atoms with Crippen molar-refractivity contribution in [3.8, 4) is 0 Å². The van der Waals surface area contributed by atoms with E-state index < -0.39 is 12.7 Å². The van der Waals surface area contributed by atoms with Gasteiger partial charge in [-0.3, -0.25) is 9.69 Å². The molecule has 0 aliphatic carbocycles. The molecule has 0 atom stereocenters. The minimum Gasteiger partial charge on any atom is -0.392 e. The van der Waals surface area contributed by atoms with Gasteiger partial charge in [0, 0.05) is 30.0 Å². The number of fused-ring (bicyclic) bond motifs is 1. The molecule has 2 heterocycles. The number of hydrogen-bond acceptors (Lipinski definition) is 5. The van der Waals surface area contributed by atoms with Gasteiger partial charge in [0.05, 0.1) is 18.8 Å². The maximum absolute atomic E-state index is 13.3. The number of hydrogen-bond donors (Lipinski definition) is 2. The molecule has 1 saturated heterocycles. The number of alkyl halides is 3. The second kappa shape index (κ2) is 18.4. The van der Waals surface area contributed by atoms with Gasteiger partial charge in [-0.1, -0.05) is 56.3 Å². The molecule has 0 bridgehead atoms. The van der Waals surface area contributed by atoms with Crippen LogP contribution in [0.2, 0.25) is 0 Å². The number of amides is 1. The molecule has 40 heavy (non-hydrogen) atoms. The summed E-state index contributed by atoms with van der Waals surface area (Å²) in [5.74, 6) is -0.242. The molecule has 2 aromatic rings. The van der Waals surface area contributed by atoms with Crippen LogP contribution in [0.5, 0.6) is 0 Å². The molecular weight excluding hydrogens is 537 g/mol. The Morgan fingerprint density at radius 1 is 1.23 bits per heavy atom. The first kappa shape index (κ1) is 35.0. The Kier molecular flexibility index (Phi) is 16.1. The predicted octanol–water partition coefficient (Wildman–Crippen LogP) is 7.40. The van der Waals surface area contributed by atoms with E-state index in [1.165, 1.54) is 4.90 Å². The lowest BCUT2D eigenvalue weighted by Crippen LogP contribution is -2.47. The molecule has 0 radical (unpaired) electrons. The number of rotatable bonds is 10. The number of nitrogens with one attached hydrogen (secondary N) is 1. The Balaban J connectivity index is 0.00000191. The highest BCUT2D eigenvalue weighted by molar-refractivity contribution is 7.84. The fraction of sp³-hybridized carbons (Fsp3) is 0.467. The number of likely N-dealkylation sites (tertiary alicyclic amines) is 1. The molecule has 0 unspecified atom stereocenters. The summed E-state index contributed by atoms with van der Waals surface area (Å²) in [5.41, 5.74) is 2.17. The number of para-hydroxylation sites is 1. The number of carbonyl (C=O) groups excluding carboxylic acids is 1. The Morgan fingerprint density at radius 2 is 1.88 bits per heavy atom. The molecule has 222 valence electrons. The highest BCUT2D eigenvalue weighted by Crippen LogP contribution is 2.22. The van der Waals surface area contributed by atoms with Gasteiger partial charge in [-0.25, -0.2) is 0 Å². The van der Waals surface area contributed by atoms with Gasteiger partial charge in [-0.2, -0.15) is 13.2 Å². The molecule has 1 amide bonds. The normalized spacial score (nSPS) is 15.3. The first-order chi connectivity index (χ1) is 19.2. The van der Waals surface area contributed by atoms with Gasteiger partial charge in [0.1, 0.15) is 12.3 Å². The van der Waals surface area contributed by atoms with E-state index in [9.17, 15) is 18.0 Å². The Morgan fingerprint density at radius 3 is 2.48 bits per heavy atom. The number of benzene rings is 1. The SMILES string of the molecule is C=C.CC.CC/C(Cn1c(C(=O)NC2CCN(CC(F)(F)F)CC2)cc2ccccc21)=N\OC/C=C/C=C(/C)S. The van der Waals surface area contributed by atoms with Gasteiger partial charge in [0.15, 0.2) is 0 Å². The van der Waals surface area contributed by atoms with E-state index in [1.54, 1.807) is 0 Å². The van der Waals surface area contributed by atoms with Crippen molar-refractivity contribution >= 4 is 35.2 Å². The molecule has 0 spiro atoms. The van der Waals surface area contributed by atoms with Crippen molar-refractivity contribution in [1.82, 2.24) is 14.8 Å². The van der Waals surface area contributed by atoms with Crippen LogP contribution in [0.15, 0.2) is 71.8 Å². The third-order valence-corrected chi connectivity index (χ3v) is 6.10. The molecule has 1 aromatic heterocycles. The summed E-state index contributed by atoms with van der Waals surface area (Å²) in [6.07, 6.45) is 2.93. The lowest BCUT2D eigenvalue weighted by molar-refractivity contribution is -0.148. The van der Waals surface area contributed by atoms with Crippen LogP contribution in [0.4, 0.5) is 13.2 Å². The second-order valence-corrected chi connectivity index (χ2v) is 9.56. The second-order valence-electron chi connectivity index (χ2n) is 8.86. The predicted molar refractivity (Wildman–Crippen MR) is 163 cm³/mol. The number of aromatic nitrogens is 1. The largest absolute Gasteiger partial charge is 0.401 e. The van der Waals surface area contributed by atoms with Crippen molar-refractivity contribution in [1.29, 1.82) is 0 Å². The van der Waals surface area contributed by atoms with Crippen molar-refractivity contribution in [2.24, 2.45) is 5.16 Å². The van der Waals surface area contributed by atoms with Crippen LogP contribution in [0.3, 0.4) is 0 Å². The van der Waals surface area contributed by atoms with Crippen LogP contribution in [0.1, 0.15) is 57.4 Å². The van der Waals surface area contributed by atoms with Crippen LogP contribution in [-0.4, -0.2) is 59.5 Å². The average molecular weight is 581 g/mol. The molecule has 1 aliphatic rings. The third-order valence-electron chi connectivity index (χ3n) is 5.96. The lowest BCUT2D eigenvalue weighted by atomic mass is 10.0. The topological polar surface area (TPSA) is 58.9 Å². The molecule has 1 N–H and O–H groups in total. The fourth-order valence-electron chi connectivity index (χ4n) is 4.14. The molecule has 1 fully saturated rings. The van der Waals surface area contributed by atoms with Crippen molar-refractivity contribution < 1.29 is 22.8 Å². The van der Waals surface area contributed by atoms with Crippen LogP contribution >= 0.6 is 12.6 Å². The fourth-order valence-corrected chi connectivity index (χ4v) is 4.23. The standard InChI is InChI=1S/C26H33F3N4O2S.C2H6.C2H4/c1-3-21(31-35-15-7-6-8-19(2)36)17-33-23-10-5-4-9-20(23)16-24(33)25(34)30-22-11-13-32(14-12-22)18-26(27,28)29;2*1-2/h4-10,16,22,36H,3,11-15,17-18H2,1-2H3,(H,30,34);1-2H3;1-2H2/b7-6+,19-8-,31-21+;;. The number of nitrogens with zero attached hydrogens (tertiary/aromatic N) is 3. The quantitative estimate of drug-likeness (QED) is 0.0769. The highest BCUT2D eigenvalue weighted by atomic mass is 32.1. The maximum atomic E-state index is 13.3. The minimum atomic E-state index is -4.21. The molecule has 3 rings (SSSR count). The number of thiol groups is 1. The van der Waals surface area contributed by atoms with E-state index in [0.717, 1.165) is 21.5 Å². The van der Waals surface area contributed by atoms with Gasteiger partial charge in [-0.05, 0) is 49.3 Å². The Hall–Kier alpha value is -2.98. The monoisotopic (exact) mass is 580 g/mol.